The summed E-state index contributed by atoms with van der Waals surface area (Å²) in [7, 11) is 0. The molecule has 0 saturated heterocycles. The number of nitrogens with zero attached hydrogens (tertiary/aromatic N) is 4. The Labute approximate surface area is 189 Å². The van der Waals surface area contributed by atoms with E-state index in [0.717, 1.165) is 6.07 Å². The number of anilines is 2. The second-order valence-corrected chi connectivity index (χ2v) is 6.39. The molecule has 0 fully saturated rings. The van der Waals surface area contributed by atoms with E-state index in [0.29, 0.717) is 12.1 Å². The third-order valence-electron chi connectivity index (χ3n) is 4.05. The van der Waals surface area contributed by atoms with Crippen LogP contribution in [-0.2, 0) is 15.7 Å². The largest absolute Gasteiger partial charge is 0.461 e. The van der Waals surface area contributed by atoms with Crippen molar-refractivity contribution in [3.8, 4) is 0 Å². The predicted octanol–water partition coefficient (Wildman–Crippen LogP) is 4.34. The van der Waals surface area contributed by atoms with Gasteiger partial charge in [0, 0.05) is 18.2 Å². The van der Waals surface area contributed by atoms with Crippen LogP contribution in [0.2, 0.25) is 0 Å². The zero-order chi connectivity index (χ0) is 25.5. The van der Waals surface area contributed by atoms with Crippen molar-refractivity contribution in [3.05, 3.63) is 68.3 Å². The van der Waals surface area contributed by atoms with Gasteiger partial charge >= 0.3 is 12.1 Å². The van der Waals surface area contributed by atoms with Crippen molar-refractivity contribution in [2.24, 2.45) is 10.2 Å². The van der Waals surface area contributed by atoms with E-state index < -0.39 is 33.2 Å². The highest BCUT2D eigenvalue weighted by atomic mass is 19.4. The Morgan fingerprint density at radius 2 is 1.68 bits per heavy atom. The van der Waals surface area contributed by atoms with Gasteiger partial charge in [-0.1, -0.05) is 0 Å². The number of halogens is 3. The van der Waals surface area contributed by atoms with Crippen molar-refractivity contribution in [1.29, 1.82) is 0 Å². The third kappa shape index (κ3) is 6.72. The molecule has 15 heteroatoms. The van der Waals surface area contributed by atoms with Gasteiger partial charge in [0.2, 0.25) is 0 Å². The summed E-state index contributed by atoms with van der Waals surface area (Å²) in [6.07, 6.45) is -4.78. The standard InChI is InChI=1S/C19H17F3N6O6/c1-3-34-18(29)17(26-24-13-5-7-14(8-6-13)27(30)31)11(2)23-25-15-9-4-12(19(20,21)22)10-16(15)28(32)33/h4-10,24-25H,3H2,1-2H3/b23-11+,26-17-. The number of benzene rings is 2. The Morgan fingerprint density at radius 1 is 1.03 bits per heavy atom. The van der Waals surface area contributed by atoms with E-state index in [1.54, 1.807) is 0 Å². The van der Waals surface area contributed by atoms with Gasteiger partial charge in [-0.2, -0.15) is 23.4 Å². The van der Waals surface area contributed by atoms with Crippen molar-refractivity contribution in [1.82, 2.24) is 0 Å². The van der Waals surface area contributed by atoms with Gasteiger partial charge in [0.05, 0.1) is 33.4 Å². The number of rotatable bonds is 9. The lowest BCUT2D eigenvalue weighted by Crippen LogP contribution is -2.26. The number of hydrazone groups is 2. The maximum Gasteiger partial charge on any atom is 0.416 e. The summed E-state index contributed by atoms with van der Waals surface area (Å²) >= 11 is 0. The number of hydrogen-bond acceptors (Lipinski definition) is 10. The molecule has 0 aliphatic heterocycles. The minimum absolute atomic E-state index is 0.0134. The number of hydrogen-bond donors (Lipinski definition) is 2. The molecule has 180 valence electrons. The Bertz CT molecular complexity index is 1150. The monoisotopic (exact) mass is 482 g/mol. The first-order valence-electron chi connectivity index (χ1n) is 9.35. The minimum Gasteiger partial charge on any atom is -0.461 e. The van der Waals surface area contributed by atoms with Crippen LogP contribution in [-0.4, -0.2) is 33.8 Å². The molecular formula is C19H17F3N6O6. The lowest BCUT2D eigenvalue weighted by atomic mass is 10.1. The molecule has 0 radical (unpaired) electrons. The van der Waals surface area contributed by atoms with Gasteiger partial charge in [0.25, 0.3) is 11.4 Å². The zero-order valence-corrected chi connectivity index (χ0v) is 17.6. The van der Waals surface area contributed by atoms with Crippen LogP contribution >= 0.6 is 0 Å². The second-order valence-electron chi connectivity index (χ2n) is 6.39. The van der Waals surface area contributed by atoms with Gasteiger partial charge in [0.1, 0.15) is 5.69 Å². The van der Waals surface area contributed by atoms with Crippen molar-refractivity contribution in [2.45, 2.75) is 20.0 Å². The van der Waals surface area contributed by atoms with Crippen LogP contribution in [0.1, 0.15) is 19.4 Å². The lowest BCUT2D eigenvalue weighted by molar-refractivity contribution is -0.384. The molecule has 0 aromatic heterocycles. The number of nitro benzene ring substituents is 2. The zero-order valence-electron chi connectivity index (χ0n) is 17.6. The number of carbonyl (C=O) groups is 1. The summed E-state index contributed by atoms with van der Waals surface area (Å²) < 4.78 is 43.4. The molecule has 0 heterocycles. The van der Waals surface area contributed by atoms with Gasteiger partial charge < -0.3 is 4.74 Å². The highest BCUT2D eigenvalue weighted by molar-refractivity contribution is 6.65. The van der Waals surface area contributed by atoms with Crippen LogP contribution in [0.15, 0.2) is 52.7 Å². The van der Waals surface area contributed by atoms with E-state index in [1.807, 2.05) is 0 Å². The molecule has 0 unspecified atom stereocenters. The maximum absolute atomic E-state index is 12.9. The van der Waals surface area contributed by atoms with Gasteiger partial charge in [-0.25, -0.2) is 4.79 Å². The molecule has 0 aliphatic carbocycles. The molecule has 0 spiro atoms. The Hall–Kier alpha value is -4.56. The smallest absolute Gasteiger partial charge is 0.416 e. The third-order valence-corrected chi connectivity index (χ3v) is 4.05. The van der Waals surface area contributed by atoms with E-state index in [4.69, 9.17) is 4.74 Å². The van der Waals surface area contributed by atoms with Crippen molar-refractivity contribution < 1.29 is 32.5 Å². The molecule has 0 atom stereocenters. The first kappa shape index (κ1) is 25.7. The van der Waals surface area contributed by atoms with E-state index in [1.165, 1.54) is 38.1 Å². The van der Waals surface area contributed by atoms with Crippen molar-refractivity contribution in [2.75, 3.05) is 17.5 Å². The average molecular weight is 482 g/mol. The quantitative estimate of drug-likeness (QED) is 0.231. The number of esters is 1. The Morgan fingerprint density at radius 3 is 2.21 bits per heavy atom. The molecule has 34 heavy (non-hydrogen) atoms. The molecule has 2 N–H and O–H groups in total. The molecule has 0 bridgehead atoms. The fourth-order valence-corrected chi connectivity index (χ4v) is 2.40. The summed E-state index contributed by atoms with van der Waals surface area (Å²) in [6.45, 7) is 2.83. The molecule has 2 rings (SSSR count). The highest BCUT2D eigenvalue weighted by Crippen LogP contribution is 2.35. The summed E-state index contributed by atoms with van der Waals surface area (Å²) in [5.74, 6) is -0.915. The number of nitro groups is 2. The summed E-state index contributed by atoms with van der Waals surface area (Å²) in [4.78, 5) is 32.6. The van der Waals surface area contributed by atoms with Crippen molar-refractivity contribution >= 4 is 40.1 Å². The number of nitrogens with one attached hydrogen (secondary N) is 2. The minimum atomic E-state index is -4.78. The molecule has 0 saturated carbocycles. The van der Waals surface area contributed by atoms with E-state index in [9.17, 15) is 38.2 Å². The number of ether oxygens (including phenoxy) is 1. The predicted molar refractivity (Wildman–Crippen MR) is 116 cm³/mol. The van der Waals surface area contributed by atoms with E-state index in [2.05, 4.69) is 21.1 Å². The van der Waals surface area contributed by atoms with Crippen LogP contribution in [0.25, 0.3) is 0 Å². The Kier molecular flexibility index (Phi) is 8.20. The first-order chi connectivity index (χ1) is 15.9. The normalized spacial score (nSPS) is 12.1. The maximum atomic E-state index is 12.9. The first-order valence-corrected chi connectivity index (χ1v) is 9.35. The highest BCUT2D eigenvalue weighted by Gasteiger charge is 2.33. The molecule has 2 aromatic rings. The van der Waals surface area contributed by atoms with Gasteiger partial charge in [0.15, 0.2) is 5.71 Å². The topological polar surface area (TPSA) is 161 Å². The molecular weight excluding hydrogens is 465 g/mol. The molecule has 0 amide bonds. The summed E-state index contributed by atoms with van der Waals surface area (Å²) in [6, 6.07) is 6.89. The van der Waals surface area contributed by atoms with E-state index >= 15 is 0 Å². The van der Waals surface area contributed by atoms with Crippen molar-refractivity contribution in [3.63, 3.8) is 0 Å². The lowest BCUT2D eigenvalue weighted by Gasteiger charge is -2.10. The summed E-state index contributed by atoms with van der Waals surface area (Å²) in [5, 5.41) is 29.6. The van der Waals surface area contributed by atoms with Gasteiger partial charge in [-0.3, -0.25) is 31.1 Å². The van der Waals surface area contributed by atoms with Crippen LogP contribution in [0.3, 0.4) is 0 Å². The average Bonchev–Trinajstić information content (AvgIpc) is 2.77. The van der Waals surface area contributed by atoms with E-state index in [-0.39, 0.29) is 35.1 Å². The number of carbonyl (C=O) groups excluding carboxylic acids is 1. The fraction of sp³-hybridized carbons (Fsp3) is 0.211. The van der Waals surface area contributed by atoms with Crippen LogP contribution in [0.5, 0.6) is 0 Å². The molecule has 0 aliphatic rings. The van der Waals surface area contributed by atoms with Gasteiger partial charge in [-0.15, -0.1) is 0 Å². The SMILES string of the molecule is CCOC(=O)C(=N\Nc1ccc([N+](=O)[O-])cc1)/C(C)=N/Nc1ccc(C(F)(F)F)cc1[N+](=O)[O-]. The number of non-ortho nitro benzene ring substituents is 1. The Balaban J connectivity index is 2.33. The molecule has 2 aromatic carbocycles. The second kappa shape index (κ2) is 10.8. The summed E-state index contributed by atoms with van der Waals surface area (Å²) in [5.41, 5.74) is 1.94. The van der Waals surface area contributed by atoms with Crippen LogP contribution in [0, 0.1) is 20.2 Å². The molecule has 12 nitrogen and oxygen atoms in total. The van der Waals surface area contributed by atoms with Crippen LogP contribution < -0.4 is 10.9 Å². The van der Waals surface area contributed by atoms with Gasteiger partial charge in [-0.05, 0) is 38.1 Å². The fourth-order valence-electron chi connectivity index (χ4n) is 2.40. The van der Waals surface area contributed by atoms with Crippen LogP contribution in [0.4, 0.5) is 35.9 Å². The number of alkyl halides is 3.